The van der Waals surface area contributed by atoms with E-state index in [1.54, 1.807) is 4.90 Å². The van der Waals surface area contributed by atoms with Crippen LogP contribution in [0.3, 0.4) is 0 Å². The molecule has 0 N–H and O–H groups in total. The van der Waals surface area contributed by atoms with Gasteiger partial charge in [0.05, 0.1) is 0 Å². The first kappa shape index (κ1) is 12.4. The van der Waals surface area contributed by atoms with Crippen LogP contribution in [-0.2, 0) is 9.59 Å². The minimum Gasteiger partial charge on any atom is -0.341 e. The van der Waals surface area contributed by atoms with Gasteiger partial charge in [-0.3, -0.25) is 9.59 Å². The fraction of sp³-hybridized carbons (Fsp3) is 0.846. The van der Waals surface area contributed by atoms with Gasteiger partial charge in [-0.2, -0.15) is 0 Å². The van der Waals surface area contributed by atoms with Gasteiger partial charge in [0, 0.05) is 26.1 Å². The molecule has 2 amide bonds. The normalized spacial score (nSPS) is 23.7. The highest BCUT2D eigenvalue weighted by Crippen LogP contribution is 2.17. The molecule has 96 valence electrons. The smallest absolute Gasteiger partial charge is 0.245 e. The van der Waals surface area contributed by atoms with Gasteiger partial charge in [-0.25, -0.2) is 0 Å². The summed E-state index contributed by atoms with van der Waals surface area (Å²) < 4.78 is 0. The van der Waals surface area contributed by atoms with Crippen molar-refractivity contribution in [2.75, 3.05) is 19.6 Å². The van der Waals surface area contributed by atoms with Crippen molar-refractivity contribution in [2.24, 2.45) is 0 Å². The third-order valence-electron chi connectivity index (χ3n) is 3.85. The van der Waals surface area contributed by atoms with Crippen molar-refractivity contribution in [1.82, 2.24) is 9.80 Å². The predicted molar refractivity (Wildman–Crippen MR) is 65.5 cm³/mol. The Morgan fingerprint density at radius 3 is 2.35 bits per heavy atom. The van der Waals surface area contributed by atoms with Crippen LogP contribution in [-0.4, -0.2) is 47.3 Å². The van der Waals surface area contributed by atoms with E-state index >= 15 is 0 Å². The van der Waals surface area contributed by atoms with Gasteiger partial charge < -0.3 is 9.80 Å². The molecule has 17 heavy (non-hydrogen) atoms. The molecule has 2 fully saturated rings. The molecule has 2 rings (SSSR count). The van der Waals surface area contributed by atoms with Crippen LogP contribution in [0, 0.1) is 0 Å². The Hall–Kier alpha value is -1.06. The van der Waals surface area contributed by atoms with Crippen molar-refractivity contribution >= 4 is 11.8 Å². The van der Waals surface area contributed by atoms with Gasteiger partial charge in [0.2, 0.25) is 11.8 Å². The molecule has 0 aromatic carbocycles. The molecule has 0 aromatic rings. The number of piperidine rings is 2. The lowest BCUT2D eigenvalue weighted by Crippen LogP contribution is -2.52. The summed E-state index contributed by atoms with van der Waals surface area (Å²) in [6.45, 7) is 4.36. The highest BCUT2D eigenvalue weighted by molar-refractivity contribution is 5.87. The lowest BCUT2D eigenvalue weighted by atomic mass is 10.1. The lowest BCUT2D eigenvalue weighted by molar-refractivity contribution is -0.147. The van der Waals surface area contributed by atoms with Crippen LogP contribution in [0.5, 0.6) is 0 Å². The molecule has 0 radical (unpaired) electrons. The van der Waals surface area contributed by atoms with Gasteiger partial charge in [0.25, 0.3) is 0 Å². The summed E-state index contributed by atoms with van der Waals surface area (Å²) >= 11 is 0. The van der Waals surface area contributed by atoms with E-state index in [1.807, 2.05) is 11.8 Å². The Morgan fingerprint density at radius 2 is 1.71 bits per heavy atom. The van der Waals surface area contributed by atoms with E-state index in [1.165, 1.54) is 6.42 Å². The van der Waals surface area contributed by atoms with Crippen LogP contribution in [0.1, 0.15) is 45.4 Å². The van der Waals surface area contributed by atoms with E-state index in [0.717, 1.165) is 45.3 Å². The number of likely N-dealkylation sites (tertiary alicyclic amines) is 2. The molecular formula is C13H22N2O2. The zero-order valence-corrected chi connectivity index (χ0v) is 10.7. The van der Waals surface area contributed by atoms with Crippen LogP contribution >= 0.6 is 0 Å². The van der Waals surface area contributed by atoms with Gasteiger partial charge >= 0.3 is 0 Å². The summed E-state index contributed by atoms with van der Waals surface area (Å²) in [4.78, 5) is 27.7. The summed E-state index contributed by atoms with van der Waals surface area (Å²) in [5.41, 5.74) is 0. The maximum absolute atomic E-state index is 12.3. The van der Waals surface area contributed by atoms with Crippen LogP contribution in [0.2, 0.25) is 0 Å². The standard InChI is InChI=1S/C13H22N2O2/c1-11(15-10-6-3-7-12(15)16)13(17)14-8-4-2-5-9-14/h11H,2-10H2,1H3/t11-/m0/s1. The maximum Gasteiger partial charge on any atom is 0.245 e. The second-order valence-electron chi connectivity index (χ2n) is 5.11. The summed E-state index contributed by atoms with van der Waals surface area (Å²) in [5.74, 6) is 0.286. The van der Waals surface area contributed by atoms with Crippen LogP contribution in [0.15, 0.2) is 0 Å². The number of carbonyl (C=O) groups excluding carboxylic acids is 2. The molecule has 1 atom stereocenters. The van der Waals surface area contributed by atoms with Gasteiger partial charge in [0.1, 0.15) is 6.04 Å². The number of carbonyl (C=O) groups is 2. The fourth-order valence-corrected chi connectivity index (χ4v) is 2.75. The monoisotopic (exact) mass is 238 g/mol. The highest BCUT2D eigenvalue weighted by Gasteiger charge is 2.30. The minimum atomic E-state index is -0.263. The van der Waals surface area contributed by atoms with Crippen molar-refractivity contribution < 1.29 is 9.59 Å². The molecule has 4 heteroatoms. The maximum atomic E-state index is 12.3. The van der Waals surface area contributed by atoms with E-state index < -0.39 is 0 Å². The third-order valence-corrected chi connectivity index (χ3v) is 3.85. The second kappa shape index (κ2) is 5.52. The van der Waals surface area contributed by atoms with E-state index in [-0.39, 0.29) is 17.9 Å². The molecule has 2 aliphatic heterocycles. The largest absolute Gasteiger partial charge is 0.341 e. The number of hydrogen-bond acceptors (Lipinski definition) is 2. The quantitative estimate of drug-likeness (QED) is 0.729. The van der Waals surface area contributed by atoms with Crippen LogP contribution in [0.25, 0.3) is 0 Å². The zero-order chi connectivity index (χ0) is 12.3. The zero-order valence-electron chi connectivity index (χ0n) is 10.7. The number of hydrogen-bond donors (Lipinski definition) is 0. The Bertz CT molecular complexity index is 298. The Kier molecular flexibility index (Phi) is 4.02. The molecule has 0 aromatic heterocycles. The van der Waals surface area contributed by atoms with Crippen molar-refractivity contribution in [3.8, 4) is 0 Å². The third kappa shape index (κ3) is 2.79. The number of rotatable bonds is 2. The first-order valence-corrected chi connectivity index (χ1v) is 6.78. The SMILES string of the molecule is C[C@@H](C(=O)N1CCCCC1)N1CCCCC1=O. The first-order chi connectivity index (χ1) is 8.20. The van der Waals surface area contributed by atoms with E-state index in [2.05, 4.69) is 0 Å². The van der Waals surface area contributed by atoms with Gasteiger partial charge in [0.15, 0.2) is 0 Å². The van der Waals surface area contributed by atoms with Gasteiger partial charge in [-0.1, -0.05) is 0 Å². The molecule has 2 saturated heterocycles. The highest BCUT2D eigenvalue weighted by atomic mass is 16.2. The molecule has 2 heterocycles. The lowest BCUT2D eigenvalue weighted by Gasteiger charge is -2.36. The van der Waals surface area contributed by atoms with Gasteiger partial charge in [-0.15, -0.1) is 0 Å². The summed E-state index contributed by atoms with van der Waals surface area (Å²) in [6.07, 6.45) is 6.04. The second-order valence-corrected chi connectivity index (χ2v) is 5.11. The molecular weight excluding hydrogens is 216 g/mol. The molecule has 2 aliphatic rings. The van der Waals surface area contributed by atoms with Crippen molar-refractivity contribution in [2.45, 2.75) is 51.5 Å². The molecule has 4 nitrogen and oxygen atoms in total. The predicted octanol–water partition coefficient (Wildman–Crippen LogP) is 1.40. The molecule has 0 aliphatic carbocycles. The summed E-state index contributed by atoms with van der Waals surface area (Å²) in [7, 11) is 0. The van der Waals surface area contributed by atoms with E-state index in [9.17, 15) is 9.59 Å². The summed E-state index contributed by atoms with van der Waals surface area (Å²) in [6, 6.07) is -0.263. The van der Waals surface area contributed by atoms with Crippen molar-refractivity contribution in [3.05, 3.63) is 0 Å². The van der Waals surface area contributed by atoms with Crippen LogP contribution in [0.4, 0.5) is 0 Å². The molecule has 0 bridgehead atoms. The number of nitrogens with zero attached hydrogens (tertiary/aromatic N) is 2. The Labute approximate surface area is 103 Å². The first-order valence-electron chi connectivity index (χ1n) is 6.78. The van der Waals surface area contributed by atoms with Crippen LogP contribution < -0.4 is 0 Å². The van der Waals surface area contributed by atoms with Crippen molar-refractivity contribution in [1.29, 1.82) is 0 Å². The van der Waals surface area contributed by atoms with Gasteiger partial charge in [-0.05, 0) is 39.0 Å². The number of amides is 2. The Morgan fingerprint density at radius 1 is 1.06 bits per heavy atom. The van der Waals surface area contributed by atoms with Crippen molar-refractivity contribution in [3.63, 3.8) is 0 Å². The Balaban J connectivity index is 1.95. The topological polar surface area (TPSA) is 40.6 Å². The fourth-order valence-electron chi connectivity index (χ4n) is 2.75. The summed E-state index contributed by atoms with van der Waals surface area (Å²) in [5, 5.41) is 0. The average Bonchev–Trinajstić information content (AvgIpc) is 2.39. The average molecular weight is 238 g/mol. The molecule has 0 saturated carbocycles. The van der Waals surface area contributed by atoms with E-state index in [0.29, 0.717) is 6.42 Å². The minimum absolute atomic E-state index is 0.139. The molecule has 0 spiro atoms. The van der Waals surface area contributed by atoms with E-state index in [4.69, 9.17) is 0 Å². The molecule has 0 unspecified atom stereocenters.